The minimum atomic E-state index is -0.546. The first-order valence-electron chi connectivity index (χ1n) is 10.1. The highest BCUT2D eigenvalue weighted by molar-refractivity contribution is 6.02. The molecule has 2 fully saturated rings. The van der Waals surface area contributed by atoms with Gasteiger partial charge in [0.15, 0.2) is 5.78 Å². The molecule has 0 radical (unpaired) electrons. The largest absolute Gasteiger partial charge is 0.373 e. The molecule has 0 aliphatic carbocycles. The number of hydrogen-bond acceptors (Lipinski definition) is 5. The minimum Gasteiger partial charge on any atom is -0.373 e. The van der Waals surface area contributed by atoms with E-state index in [1.165, 1.54) is 0 Å². The fourth-order valence-electron chi connectivity index (χ4n) is 4.34. The van der Waals surface area contributed by atoms with E-state index in [-0.39, 0.29) is 30.2 Å². The molecular formula is C22H34N2O3. The average molecular weight is 375 g/mol. The molecule has 2 saturated heterocycles. The summed E-state index contributed by atoms with van der Waals surface area (Å²) < 4.78 is 11.6. The zero-order valence-electron chi connectivity index (χ0n) is 17.6. The first kappa shape index (κ1) is 20.3. The van der Waals surface area contributed by atoms with Crippen LogP contribution in [-0.4, -0.2) is 66.8 Å². The van der Waals surface area contributed by atoms with Crippen molar-refractivity contribution in [1.82, 2.24) is 4.90 Å². The quantitative estimate of drug-likeness (QED) is 0.756. The normalized spacial score (nSPS) is 30.4. The lowest BCUT2D eigenvalue weighted by molar-refractivity contribution is -0.0887. The highest BCUT2D eigenvalue weighted by Crippen LogP contribution is 2.27. The van der Waals surface area contributed by atoms with Crippen LogP contribution in [-0.2, 0) is 9.47 Å². The summed E-state index contributed by atoms with van der Waals surface area (Å²) in [6.45, 7) is 15.7. The molecule has 3 rings (SSSR count). The van der Waals surface area contributed by atoms with E-state index < -0.39 is 5.54 Å². The van der Waals surface area contributed by atoms with Crippen molar-refractivity contribution < 1.29 is 14.3 Å². The van der Waals surface area contributed by atoms with Crippen LogP contribution in [0.25, 0.3) is 0 Å². The van der Waals surface area contributed by atoms with Crippen LogP contribution in [0, 0.1) is 0 Å². The number of nitrogens with zero attached hydrogens (tertiary/aromatic N) is 2. The van der Waals surface area contributed by atoms with Crippen molar-refractivity contribution in [3.63, 3.8) is 0 Å². The molecule has 5 nitrogen and oxygen atoms in total. The summed E-state index contributed by atoms with van der Waals surface area (Å²) in [5.74, 6) is 0.166. The molecule has 2 aliphatic rings. The number of ether oxygens (including phenoxy) is 2. The summed E-state index contributed by atoms with van der Waals surface area (Å²) in [7, 11) is 0. The van der Waals surface area contributed by atoms with Crippen LogP contribution in [0.4, 0.5) is 5.69 Å². The number of anilines is 1. The van der Waals surface area contributed by atoms with Crippen LogP contribution >= 0.6 is 0 Å². The fourth-order valence-corrected chi connectivity index (χ4v) is 4.34. The van der Waals surface area contributed by atoms with Crippen molar-refractivity contribution in [3.05, 3.63) is 29.8 Å². The SMILES string of the molecule is CC1CN(c2ccc(C(=O)C(C)(C)N3CC(C)OC(C)C3)cc2)CC(C)O1. The Hall–Kier alpha value is -1.43. The number of rotatable bonds is 4. The second-order valence-electron chi connectivity index (χ2n) is 8.76. The van der Waals surface area contributed by atoms with Crippen LogP contribution < -0.4 is 4.90 Å². The van der Waals surface area contributed by atoms with Crippen LogP contribution in [0.1, 0.15) is 51.9 Å². The molecule has 27 heavy (non-hydrogen) atoms. The number of carbonyl (C=O) groups is 1. The number of morpholine rings is 2. The number of hydrogen-bond donors (Lipinski definition) is 0. The average Bonchev–Trinajstić information content (AvgIpc) is 2.59. The molecule has 0 amide bonds. The van der Waals surface area contributed by atoms with Gasteiger partial charge in [-0.1, -0.05) is 0 Å². The van der Waals surface area contributed by atoms with Crippen molar-refractivity contribution in [1.29, 1.82) is 0 Å². The lowest BCUT2D eigenvalue weighted by Gasteiger charge is -2.44. The first-order valence-corrected chi connectivity index (χ1v) is 10.1. The zero-order valence-corrected chi connectivity index (χ0v) is 17.6. The van der Waals surface area contributed by atoms with Crippen molar-refractivity contribution >= 4 is 11.5 Å². The summed E-state index contributed by atoms with van der Waals surface area (Å²) >= 11 is 0. The second-order valence-corrected chi connectivity index (χ2v) is 8.76. The van der Waals surface area contributed by atoms with E-state index >= 15 is 0 Å². The summed E-state index contributed by atoms with van der Waals surface area (Å²) in [6, 6.07) is 8.08. The molecule has 2 heterocycles. The molecule has 150 valence electrons. The van der Waals surface area contributed by atoms with Crippen molar-refractivity contribution in [2.24, 2.45) is 0 Å². The number of Topliss-reactive ketones (excluding diaryl/α,β-unsaturated/α-hetero) is 1. The molecule has 4 atom stereocenters. The standard InChI is InChI=1S/C22H34N2O3/c1-15-11-23(12-16(2)26-15)20-9-7-19(8-10-20)21(25)22(5,6)24-13-17(3)27-18(4)14-24/h7-10,15-18H,11-14H2,1-6H3. The van der Waals surface area contributed by atoms with Crippen LogP contribution in [0.15, 0.2) is 24.3 Å². The zero-order chi connectivity index (χ0) is 19.8. The highest BCUT2D eigenvalue weighted by atomic mass is 16.5. The molecule has 0 saturated carbocycles. The van der Waals surface area contributed by atoms with Gasteiger partial charge in [0.25, 0.3) is 0 Å². The maximum atomic E-state index is 13.3. The van der Waals surface area contributed by atoms with E-state index in [0.29, 0.717) is 0 Å². The predicted molar refractivity (Wildman–Crippen MR) is 109 cm³/mol. The third-order valence-corrected chi connectivity index (χ3v) is 5.68. The van der Waals surface area contributed by atoms with E-state index in [4.69, 9.17) is 9.47 Å². The maximum Gasteiger partial charge on any atom is 0.182 e. The third-order valence-electron chi connectivity index (χ3n) is 5.68. The Morgan fingerprint density at radius 3 is 1.78 bits per heavy atom. The predicted octanol–water partition coefficient (Wildman–Crippen LogP) is 3.37. The van der Waals surface area contributed by atoms with Gasteiger partial charge in [-0.25, -0.2) is 0 Å². The van der Waals surface area contributed by atoms with Crippen LogP contribution in [0.2, 0.25) is 0 Å². The maximum absolute atomic E-state index is 13.3. The van der Waals surface area contributed by atoms with Crippen molar-refractivity contribution in [2.75, 3.05) is 31.1 Å². The van der Waals surface area contributed by atoms with E-state index in [2.05, 4.69) is 49.6 Å². The van der Waals surface area contributed by atoms with Gasteiger partial charge in [0.1, 0.15) is 0 Å². The van der Waals surface area contributed by atoms with Crippen LogP contribution in [0.5, 0.6) is 0 Å². The molecule has 0 spiro atoms. The second kappa shape index (κ2) is 7.90. The topological polar surface area (TPSA) is 42.0 Å². The molecule has 1 aromatic rings. The van der Waals surface area contributed by atoms with Gasteiger partial charge in [0.05, 0.1) is 30.0 Å². The Bertz CT molecular complexity index is 638. The first-order chi connectivity index (χ1) is 12.7. The smallest absolute Gasteiger partial charge is 0.182 e. The monoisotopic (exact) mass is 374 g/mol. The Balaban J connectivity index is 1.73. The summed E-state index contributed by atoms with van der Waals surface area (Å²) in [5.41, 5.74) is 1.38. The Morgan fingerprint density at radius 2 is 1.30 bits per heavy atom. The molecular weight excluding hydrogens is 340 g/mol. The van der Waals surface area contributed by atoms with Gasteiger partial charge in [-0.3, -0.25) is 9.69 Å². The van der Waals surface area contributed by atoms with Gasteiger partial charge in [0, 0.05) is 37.4 Å². The van der Waals surface area contributed by atoms with Gasteiger partial charge >= 0.3 is 0 Å². The fraction of sp³-hybridized carbons (Fsp3) is 0.682. The van der Waals surface area contributed by atoms with Gasteiger partial charge in [-0.15, -0.1) is 0 Å². The third kappa shape index (κ3) is 4.53. The highest BCUT2D eigenvalue weighted by Gasteiger charge is 2.39. The molecule has 4 unspecified atom stereocenters. The molecule has 0 aromatic heterocycles. The number of benzene rings is 1. The summed E-state index contributed by atoms with van der Waals surface area (Å²) in [6.07, 6.45) is 0.737. The van der Waals surface area contributed by atoms with Gasteiger partial charge in [-0.2, -0.15) is 0 Å². The van der Waals surface area contributed by atoms with Crippen molar-refractivity contribution in [2.45, 2.75) is 71.5 Å². The van der Waals surface area contributed by atoms with Crippen molar-refractivity contribution in [3.8, 4) is 0 Å². The minimum absolute atomic E-state index is 0.147. The molecule has 2 aliphatic heterocycles. The Kier molecular flexibility index (Phi) is 5.94. The van der Waals surface area contributed by atoms with Gasteiger partial charge < -0.3 is 14.4 Å². The van der Waals surface area contributed by atoms with E-state index in [9.17, 15) is 4.79 Å². The van der Waals surface area contributed by atoms with E-state index in [1.54, 1.807) is 0 Å². The van der Waals surface area contributed by atoms with E-state index in [0.717, 1.165) is 37.4 Å². The molecule has 0 bridgehead atoms. The summed E-state index contributed by atoms with van der Waals surface area (Å²) in [4.78, 5) is 17.8. The Labute approximate surface area is 163 Å². The molecule has 0 N–H and O–H groups in total. The van der Waals surface area contributed by atoms with Crippen LogP contribution in [0.3, 0.4) is 0 Å². The van der Waals surface area contributed by atoms with E-state index in [1.807, 2.05) is 26.0 Å². The lowest BCUT2D eigenvalue weighted by atomic mass is 9.90. The van der Waals surface area contributed by atoms with Gasteiger partial charge in [-0.05, 0) is 65.8 Å². The van der Waals surface area contributed by atoms with Gasteiger partial charge in [0.2, 0.25) is 0 Å². The molecule has 5 heteroatoms. The summed E-state index contributed by atoms with van der Waals surface area (Å²) in [5, 5.41) is 0. The Morgan fingerprint density at radius 1 is 0.852 bits per heavy atom. The number of ketones is 1. The lowest BCUT2D eigenvalue weighted by Crippen LogP contribution is -2.58. The number of carbonyl (C=O) groups excluding carboxylic acids is 1. The molecule has 1 aromatic carbocycles.